The topological polar surface area (TPSA) is 52.4 Å². The summed E-state index contributed by atoms with van der Waals surface area (Å²) in [6, 6.07) is 0. The monoisotopic (exact) mass is 309 g/mol. The first kappa shape index (κ1) is 12.9. The highest BCUT2D eigenvalue weighted by Crippen LogP contribution is 2.49. The lowest BCUT2D eigenvalue weighted by Crippen LogP contribution is -1.94. The first-order valence-electron chi connectivity index (χ1n) is 3.20. The van der Waals surface area contributed by atoms with Gasteiger partial charge in [-0.15, -0.1) is 0 Å². The standard InChI is InChI=1S/C6Cl5NO3/c7-1-2(8)4(10)6(15-11)5(3(1)9)12(13)14. The highest BCUT2D eigenvalue weighted by Gasteiger charge is 2.30. The second kappa shape index (κ2) is 4.80. The normalized spacial score (nSPS) is 10.2. The Kier molecular flexibility index (Phi) is 4.14. The van der Waals surface area contributed by atoms with Gasteiger partial charge in [-0.05, 0) is 0 Å². The van der Waals surface area contributed by atoms with Crippen LogP contribution in [0.4, 0.5) is 5.69 Å². The summed E-state index contributed by atoms with van der Waals surface area (Å²) in [5, 5.41) is 9.59. The van der Waals surface area contributed by atoms with Crippen LogP contribution >= 0.6 is 58.3 Å². The van der Waals surface area contributed by atoms with Crippen LogP contribution in [0.25, 0.3) is 0 Å². The van der Waals surface area contributed by atoms with Crippen molar-refractivity contribution >= 4 is 64.0 Å². The molecule has 0 atom stereocenters. The lowest BCUT2D eigenvalue weighted by molar-refractivity contribution is -0.385. The minimum Gasteiger partial charge on any atom is -0.376 e. The molecule has 1 aromatic rings. The number of halogens is 5. The Morgan fingerprint density at radius 2 is 1.47 bits per heavy atom. The number of nitro groups is 1. The number of nitro benzene ring substituents is 1. The Morgan fingerprint density at radius 3 is 1.87 bits per heavy atom. The van der Waals surface area contributed by atoms with Crippen molar-refractivity contribution in [3.8, 4) is 5.75 Å². The van der Waals surface area contributed by atoms with E-state index in [9.17, 15) is 10.1 Å². The van der Waals surface area contributed by atoms with Crippen molar-refractivity contribution in [1.82, 2.24) is 0 Å². The quantitative estimate of drug-likeness (QED) is 0.343. The molecular formula is C6Cl5NO3. The van der Waals surface area contributed by atoms with E-state index in [-0.39, 0.29) is 20.1 Å². The molecule has 0 saturated carbocycles. The molecule has 1 aromatic carbocycles. The average molecular weight is 311 g/mol. The Hall–Kier alpha value is -0.130. The summed E-state index contributed by atoms with van der Waals surface area (Å²) in [5.41, 5.74) is -0.633. The number of benzene rings is 1. The van der Waals surface area contributed by atoms with Crippen LogP contribution in [0.15, 0.2) is 0 Å². The van der Waals surface area contributed by atoms with Crippen LogP contribution in [0.3, 0.4) is 0 Å². The van der Waals surface area contributed by atoms with E-state index < -0.39 is 16.4 Å². The maximum absolute atomic E-state index is 10.6. The molecule has 4 nitrogen and oxygen atoms in total. The van der Waals surface area contributed by atoms with E-state index in [4.69, 9.17) is 58.3 Å². The van der Waals surface area contributed by atoms with Gasteiger partial charge in [0.1, 0.15) is 21.9 Å². The van der Waals surface area contributed by atoms with Gasteiger partial charge in [0.25, 0.3) is 0 Å². The molecule has 0 fully saturated rings. The molecule has 15 heavy (non-hydrogen) atoms. The van der Waals surface area contributed by atoms with E-state index >= 15 is 0 Å². The lowest BCUT2D eigenvalue weighted by Gasteiger charge is -2.07. The molecule has 0 radical (unpaired) electrons. The summed E-state index contributed by atoms with van der Waals surface area (Å²) in [6.45, 7) is 0. The van der Waals surface area contributed by atoms with Gasteiger partial charge in [-0.3, -0.25) is 10.1 Å². The molecule has 0 N–H and O–H groups in total. The largest absolute Gasteiger partial charge is 0.376 e. The maximum atomic E-state index is 10.6. The SMILES string of the molecule is O=[N+]([O-])c1c(Cl)c(Cl)c(Cl)c(Cl)c1OCl. The van der Waals surface area contributed by atoms with Crippen LogP contribution in [0.1, 0.15) is 0 Å². The third-order valence-corrected chi connectivity index (χ3v) is 3.39. The molecule has 0 aliphatic carbocycles. The number of rotatable bonds is 2. The summed E-state index contributed by atoms with van der Waals surface area (Å²) in [6.07, 6.45) is 0. The van der Waals surface area contributed by atoms with Crippen molar-refractivity contribution in [2.24, 2.45) is 0 Å². The second-order valence-electron chi connectivity index (χ2n) is 2.27. The third-order valence-electron chi connectivity index (χ3n) is 1.46. The number of hydrogen-bond acceptors (Lipinski definition) is 3. The van der Waals surface area contributed by atoms with Crippen LogP contribution in [-0.2, 0) is 0 Å². The van der Waals surface area contributed by atoms with E-state index in [1.54, 1.807) is 0 Å². The summed E-state index contributed by atoms with van der Waals surface area (Å²) < 4.78 is 4.23. The molecular weight excluding hydrogens is 311 g/mol. The zero-order valence-corrected chi connectivity index (χ0v) is 10.3. The summed E-state index contributed by atoms with van der Waals surface area (Å²) in [4.78, 5) is 9.81. The fourth-order valence-corrected chi connectivity index (χ4v) is 1.96. The smallest absolute Gasteiger partial charge is 0.334 e. The van der Waals surface area contributed by atoms with Crippen molar-refractivity contribution in [2.45, 2.75) is 0 Å². The first-order chi connectivity index (χ1) is 6.91. The van der Waals surface area contributed by atoms with Gasteiger partial charge in [0.2, 0.25) is 5.75 Å². The molecule has 9 heteroatoms. The minimum absolute atomic E-state index is 0.162. The molecule has 0 unspecified atom stereocenters. The van der Waals surface area contributed by atoms with Crippen LogP contribution in [0, 0.1) is 10.1 Å². The van der Waals surface area contributed by atoms with Crippen LogP contribution in [-0.4, -0.2) is 4.92 Å². The van der Waals surface area contributed by atoms with E-state index in [2.05, 4.69) is 4.29 Å². The third kappa shape index (κ3) is 2.19. The average Bonchev–Trinajstić information content (AvgIpc) is 2.19. The van der Waals surface area contributed by atoms with Crippen molar-refractivity contribution in [3.63, 3.8) is 0 Å². The fourth-order valence-electron chi connectivity index (χ4n) is 0.833. The van der Waals surface area contributed by atoms with Crippen LogP contribution < -0.4 is 4.29 Å². The number of hydrogen-bond donors (Lipinski definition) is 0. The van der Waals surface area contributed by atoms with Crippen molar-refractivity contribution in [1.29, 1.82) is 0 Å². The van der Waals surface area contributed by atoms with Crippen LogP contribution in [0.2, 0.25) is 20.1 Å². The highest BCUT2D eigenvalue weighted by atomic mass is 35.5. The first-order valence-corrected chi connectivity index (χ1v) is 5.02. The number of nitrogens with zero attached hydrogens (tertiary/aromatic N) is 1. The van der Waals surface area contributed by atoms with Crippen molar-refractivity contribution < 1.29 is 9.21 Å². The van der Waals surface area contributed by atoms with Gasteiger partial charge in [-0.25, -0.2) is 0 Å². The molecule has 0 aliphatic heterocycles. The van der Waals surface area contributed by atoms with E-state index in [1.807, 2.05) is 0 Å². The lowest BCUT2D eigenvalue weighted by atomic mass is 10.3. The predicted molar refractivity (Wildman–Crippen MR) is 59.6 cm³/mol. The molecule has 1 rings (SSSR count). The Balaban J connectivity index is 3.70. The molecule has 0 bridgehead atoms. The van der Waals surface area contributed by atoms with E-state index in [0.29, 0.717) is 0 Å². The maximum Gasteiger partial charge on any atom is 0.334 e. The van der Waals surface area contributed by atoms with E-state index in [1.165, 1.54) is 0 Å². The predicted octanol–water partition coefficient (Wildman–Crippen LogP) is 4.74. The Morgan fingerprint density at radius 1 is 1.00 bits per heavy atom. The van der Waals surface area contributed by atoms with Gasteiger partial charge >= 0.3 is 5.69 Å². The van der Waals surface area contributed by atoms with Crippen LogP contribution in [0.5, 0.6) is 5.75 Å². The molecule has 0 spiro atoms. The molecule has 82 valence electrons. The summed E-state index contributed by atoms with van der Waals surface area (Å²) in [5.74, 6) is -0.442. The molecule has 0 aromatic heterocycles. The zero-order valence-electron chi connectivity index (χ0n) is 6.56. The summed E-state index contributed by atoms with van der Waals surface area (Å²) >= 11 is 27.5. The minimum atomic E-state index is -0.825. The molecule has 0 heterocycles. The van der Waals surface area contributed by atoms with Crippen molar-refractivity contribution in [3.05, 3.63) is 30.2 Å². The second-order valence-corrected chi connectivity index (χ2v) is 3.93. The molecule has 0 aliphatic rings. The van der Waals surface area contributed by atoms with Gasteiger partial charge in [-0.2, -0.15) is 0 Å². The van der Waals surface area contributed by atoms with Gasteiger partial charge in [-0.1, -0.05) is 46.4 Å². The van der Waals surface area contributed by atoms with Gasteiger partial charge < -0.3 is 4.29 Å². The van der Waals surface area contributed by atoms with Crippen molar-refractivity contribution in [2.75, 3.05) is 0 Å². The summed E-state index contributed by atoms with van der Waals surface area (Å²) in [7, 11) is 0. The van der Waals surface area contributed by atoms with Gasteiger partial charge in [0.05, 0.1) is 15.0 Å². The Labute approximate surface area is 109 Å². The zero-order chi connectivity index (χ0) is 11.7. The van der Waals surface area contributed by atoms with E-state index in [0.717, 1.165) is 0 Å². The molecule has 0 amide bonds. The van der Waals surface area contributed by atoms with Gasteiger partial charge in [0.15, 0.2) is 0 Å². The highest BCUT2D eigenvalue weighted by molar-refractivity contribution is 6.53. The van der Waals surface area contributed by atoms with Gasteiger partial charge in [0, 0.05) is 0 Å². The fraction of sp³-hybridized carbons (Fsp3) is 0. The Bertz CT molecular complexity index is 436. The molecule has 0 saturated heterocycles.